The van der Waals surface area contributed by atoms with Crippen LogP contribution in [0.15, 0.2) is 101 Å². The highest BCUT2D eigenvalue weighted by Gasteiger charge is 2.14. The maximum absolute atomic E-state index is 8.22. The first kappa shape index (κ1) is 10.5. The van der Waals surface area contributed by atoms with E-state index < -0.39 is 6.04 Å². The van der Waals surface area contributed by atoms with Crippen LogP contribution in [-0.2, 0) is 0 Å². The molecule has 0 aliphatic heterocycles. The van der Waals surface area contributed by atoms with Gasteiger partial charge in [0.2, 0.25) is 0 Å². The van der Waals surface area contributed by atoms with Gasteiger partial charge >= 0.3 is 0 Å². The fourth-order valence-electron chi connectivity index (χ4n) is 3.27. The molecule has 124 valence electrons. The van der Waals surface area contributed by atoms with Gasteiger partial charge in [-0.2, -0.15) is 0 Å². The van der Waals surface area contributed by atoms with E-state index in [1.54, 1.807) is 0 Å². The van der Waals surface area contributed by atoms with Crippen LogP contribution >= 0.6 is 0 Å². The van der Waals surface area contributed by atoms with E-state index in [4.69, 9.17) is 11.3 Å². The van der Waals surface area contributed by atoms with Crippen molar-refractivity contribution >= 4 is 33.3 Å². The molecule has 4 aromatic carbocycles. The van der Waals surface area contributed by atoms with Gasteiger partial charge in [0, 0.05) is 27.7 Å². The van der Waals surface area contributed by atoms with Gasteiger partial charge in [-0.05, 0) is 35.8 Å². The zero-order valence-electron chi connectivity index (χ0n) is 18.8. The minimum Gasteiger partial charge on any atom is -0.456 e. The summed E-state index contributed by atoms with van der Waals surface area (Å²) in [7, 11) is 0. The Balaban J connectivity index is 1.73. The molecule has 2 nitrogen and oxygen atoms in total. The summed E-state index contributed by atoms with van der Waals surface area (Å²) in [4.78, 5) is 0. The maximum atomic E-state index is 8.22. The maximum Gasteiger partial charge on any atom is 0.136 e. The third-order valence-electron chi connectivity index (χ3n) is 4.38. The van der Waals surface area contributed by atoms with Crippen molar-refractivity contribution in [3.05, 3.63) is 96.9 Å². The summed E-state index contributed by atoms with van der Waals surface area (Å²) in [5.41, 5.74) is 4.00. The van der Waals surface area contributed by atoms with Gasteiger partial charge in [-0.25, -0.2) is 0 Å². The lowest BCUT2D eigenvalue weighted by atomic mass is 9.98. The van der Waals surface area contributed by atoms with Crippen molar-refractivity contribution in [3.63, 3.8) is 0 Å². The van der Waals surface area contributed by atoms with Gasteiger partial charge in [-0.15, -0.1) is 0 Å². The number of hydrogen-bond acceptors (Lipinski definition) is 2. The molecule has 0 atom stereocenters. The molecule has 0 aliphatic carbocycles. The molecular formula is C24H17NO. The Hall–Kier alpha value is -3.52. The molecule has 0 radical (unpaired) electrons. The van der Waals surface area contributed by atoms with Crippen LogP contribution in [0.2, 0.25) is 0 Å². The zero-order valence-corrected chi connectivity index (χ0v) is 13.8. The summed E-state index contributed by atoms with van der Waals surface area (Å²) in [6, 6.07) is 19.5. The molecule has 0 spiro atoms. The highest BCUT2D eigenvalue weighted by atomic mass is 16.3. The number of para-hydroxylation sites is 3. The fourth-order valence-corrected chi connectivity index (χ4v) is 3.27. The smallest absolute Gasteiger partial charge is 0.136 e. The quantitative estimate of drug-likeness (QED) is 0.382. The first-order valence-corrected chi connectivity index (χ1v) is 8.31. The van der Waals surface area contributed by atoms with Gasteiger partial charge in [0.1, 0.15) is 11.2 Å². The van der Waals surface area contributed by atoms with E-state index in [-0.39, 0.29) is 29.9 Å². The molecule has 1 N–H and O–H groups in total. The largest absolute Gasteiger partial charge is 0.456 e. The van der Waals surface area contributed by atoms with Crippen molar-refractivity contribution in [2.45, 2.75) is 0 Å². The van der Waals surface area contributed by atoms with Crippen LogP contribution in [0.1, 0.15) is 6.85 Å². The number of fused-ring (bicyclic) bond motifs is 3. The van der Waals surface area contributed by atoms with E-state index in [2.05, 4.69) is 5.32 Å². The van der Waals surface area contributed by atoms with Crippen LogP contribution in [0.3, 0.4) is 0 Å². The Kier molecular flexibility index (Phi) is 2.45. The molecule has 0 unspecified atom stereocenters. The average molecular weight is 340 g/mol. The van der Waals surface area contributed by atoms with Crippen LogP contribution < -0.4 is 5.32 Å². The number of hydrogen-bond donors (Lipinski definition) is 1. The topological polar surface area (TPSA) is 25.2 Å². The second kappa shape index (κ2) is 6.08. The molecule has 0 aliphatic rings. The number of nitrogens with one attached hydrogen (secondary N) is 1. The van der Waals surface area contributed by atoms with E-state index in [0.717, 1.165) is 33.1 Å². The molecule has 0 amide bonds. The molecular weight excluding hydrogens is 318 g/mol. The molecule has 0 fully saturated rings. The minimum absolute atomic E-state index is 0.0441. The van der Waals surface area contributed by atoms with Gasteiger partial charge < -0.3 is 9.73 Å². The molecule has 2 heteroatoms. The highest BCUT2D eigenvalue weighted by molar-refractivity contribution is 6.13. The molecule has 5 rings (SSSR count). The Morgan fingerprint density at radius 3 is 2.35 bits per heavy atom. The van der Waals surface area contributed by atoms with Gasteiger partial charge in [-0.3, -0.25) is 0 Å². The van der Waals surface area contributed by atoms with E-state index >= 15 is 0 Å². The van der Waals surface area contributed by atoms with Crippen molar-refractivity contribution in [3.8, 4) is 11.1 Å². The Morgan fingerprint density at radius 1 is 0.692 bits per heavy atom. The van der Waals surface area contributed by atoms with Crippen LogP contribution in [0, 0.1) is 0 Å². The van der Waals surface area contributed by atoms with E-state index in [0.29, 0.717) is 5.69 Å². The molecule has 0 saturated heterocycles. The first-order valence-electron chi connectivity index (χ1n) is 10.8. The van der Waals surface area contributed by atoms with Gasteiger partial charge in [0.05, 0.1) is 6.85 Å². The van der Waals surface area contributed by atoms with Gasteiger partial charge in [-0.1, -0.05) is 66.7 Å². The summed E-state index contributed by atoms with van der Waals surface area (Å²) < 4.78 is 46.1. The Morgan fingerprint density at radius 2 is 1.42 bits per heavy atom. The second-order valence-corrected chi connectivity index (χ2v) is 5.95. The molecule has 1 aromatic heterocycles. The SMILES string of the molecule is [2H]c1c([2H])c([2H])c(Nc2ccccc2-c2cccc3oc4ccccc4c23)c([2H])c1[2H]. The Labute approximate surface area is 158 Å². The van der Waals surface area contributed by atoms with Crippen molar-refractivity contribution in [2.75, 3.05) is 5.32 Å². The van der Waals surface area contributed by atoms with Gasteiger partial charge in [0.15, 0.2) is 0 Å². The minimum atomic E-state index is -0.413. The van der Waals surface area contributed by atoms with E-state index in [1.807, 2.05) is 66.7 Å². The van der Waals surface area contributed by atoms with E-state index in [9.17, 15) is 0 Å². The summed E-state index contributed by atoms with van der Waals surface area (Å²) in [5.74, 6) is 0. The summed E-state index contributed by atoms with van der Waals surface area (Å²) in [6.07, 6.45) is 0. The summed E-state index contributed by atoms with van der Waals surface area (Å²) >= 11 is 0. The fraction of sp³-hybridized carbons (Fsp3) is 0. The molecule has 0 bridgehead atoms. The summed E-state index contributed by atoms with van der Waals surface area (Å²) in [6.45, 7) is 0. The third-order valence-corrected chi connectivity index (χ3v) is 4.38. The number of furan rings is 1. The lowest BCUT2D eigenvalue weighted by Crippen LogP contribution is -1.93. The summed E-state index contributed by atoms with van der Waals surface area (Å²) in [5, 5.41) is 5.05. The van der Waals surface area contributed by atoms with E-state index in [1.165, 1.54) is 0 Å². The number of anilines is 2. The monoisotopic (exact) mass is 340 g/mol. The molecule has 5 aromatic rings. The lowest BCUT2D eigenvalue weighted by molar-refractivity contribution is 0.669. The normalized spacial score (nSPS) is 13.8. The predicted molar refractivity (Wildman–Crippen MR) is 109 cm³/mol. The van der Waals surface area contributed by atoms with Crippen molar-refractivity contribution in [1.29, 1.82) is 0 Å². The van der Waals surface area contributed by atoms with Crippen molar-refractivity contribution in [1.82, 2.24) is 0 Å². The van der Waals surface area contributed by atoms with Crippen LogP contribution in [0.5, 0.6) is 0 Å². The van der Waals surface area contributed by atoms with Crippen molar-refractivity contribution in [2.24, 2.45) is 0 Å². The van der Waals surface area contributed by atoms with Gasteiger partial charge in [0.25, 0.3) is 0 Å². The van der Waals surface area contributed by atoms with Crippen molar-refractivity contribution < 1.29 is 11.3 Å². The predicted octanol–water partition coefficient (Wildman–Crippen LogP) is 7.00. The first-order chi connectivity index (χ1) is 15.0. The van der Waals surface area contributed by atoms with Crippen LogP contribution in [0.25, 0.3) is 33.1 Å². The average Bonchev–Trinajstić information content (AvgIpc) is 3.18. The molecule has 26 heavy (non-hydrogen) atoms. The van der Waals surface area contributed by atoms with Crippen LogP contribution in [0.4, 0.5) is 11.4 Å². The Bertz CT molecular complexity index is 1450. The highest BCUT2D eigenvalue weighted by Crippen LogP contribution is 2.39. The molecule has 1 heterocycles. The number of rotatable bonds is 3. The standard InChI is InChI=1S/C24H17NO/c1-2-9-17(10-3-1)25-21-14-6-4-11-18(21)19-13-8-16-23-24(19)20-12-5-7-15-22(20)26-23/h1-16,25H/i1D,2D,3D,9D,10D. The zero-order chi connectivity index (χ0) is 21.7. The third kappa shape index (κ3) is 2.44. The van der Waals surface area contributed by atoms with Crippen LogP contribution in [-0.4, -0.2) is 0 Å². The lowest BCUT2D eigenvalue weighted by Gasteiger charge is -2.13. The number of benzene rings is 4. The second-order valence-electron chi connectivity index (χ2n) is 5.95. The molecule has 0 saturated carbocycles.